The Morgan fingerprint density at radius 1 is 1.11 bits per heavy atom. The molecule has 4 bridgehead atoms. The average molecular weight is 262 g/mol. The SMILES string of the molecule is CC12CC3CC(C)(C1)CC(C)(C2)C3C1CN=C(N)O1. The van der Waals surface area contributed by atoms with Gasteiger partial charge in [-0.15, -0.1) is 0 Å². The maximum atomic E-state index is 5.85. The zero-order valence-corrected chi connectivity index (χ0v) is 12.4. The summed E-state index contributed by atoms with van der Waals surface area (Å²) in [5.41, 5.74) is 7.33. The highest BCUT2D eigenvalue weighted by Crippen LogP contribution is 2.72. The van der Waals surface area contributed by atoms with Crippen molar-refractivity contribution in [2.24, 2.45) is 38.8 Å². The summed E-state index contributed by atoms with van der Waals surface area (Å²) in [6.07, 6.45) is 7.21. The topological polar surface area (TPSA) is 47.6 Å². The minimum atomic E-state index is 0.252. The molecule has 4 atom stereocenters. The zero-order valence-electron chi connectivity index (χ0n) is 12.4. The number of nitrogens with zero attached hydrogens (tertiary/aromatic N) is 1. The van der Waals surface area contributed by atoms with Crippen LogP contribution in [0.3, 0.4) is 0 Å². The standard InChI is InChI=1S/C16H26N2O/c1-14-4-10-5-15(2,7-14)9-16(3,8-14)12(10)11-6-18-13(17)19-11/h10-12H,4-9H2,1-3H3,(H2,17,18). The highest BCUT2D eigenvalue weighted by Gasteiger charge is 2.64. The summed E-state index contributed by atoms with van der Waals surface area (Å²) in [7, 11) is 0. The molecule has 3 heteroatoms. The largest absolute Gasteiger partial charge is 0.460 e. The summed E-state index contributed by atoms with van der Waals surface area (Å²) in [4.78, 5) is 4.29. The molecule has 2 N–H and O–H groups in total. The van der Waals surface area contributed by atoms with Gasteiger partial charge >= 0.3 is 0 Å². The molecule has 1 heterocycles. The van der Waals surface area contributed by atoms with Gasteiger partial charge in [-0.05, 0) is 54.3 Å². The van der Waals surface area contributed by atoms with E-state index < -0.39 is 0 Å². The van der Waals surface area contributed by atoms with E-state index in [9.17, 15) is 0 Å². The summed E-state index contributed by atoms with van der Waals surface area (Å²) < 4.78 is 5.85. The van der Waals surface area contributed by atoms with Gasteiger partial charge < -0.3 is 10.5 Å². The molecule has 0 saturated heterocycles. The summed E-state index contributed by atoms with van der Waals surface area (Å²) in [5.74, 6) is 1.49. The van der Waals surface area contributed by atoms with Crippen molar-refractivity contribution >= 4 is 6.02 Å². The van der Waals surface area contributed by atoms with Crippen LogP contribution in [0.4, 0.5) is 0 Å². The number of hydrogen-bond donors (Lipinski definition) is 1. The van der Waals surface area contributed by atoms with Gasteiger partial charge in [0.05, 0.1) is 6.54 Å². The van der Waals surface area contributed by atoms with Crippen molar-refractivity contribution in [2.45, 2.75) is 59.0 Å². The Hall–Kier alpha value is -0.730. The van der Waals surface area contributed by atoms with Crippen molar-refractivity contribution < 1.29 is 4.74 Å². The number of aliphatic imine (C=N–C) groups is 1. The second-order valence-electron chi connectivity index (χ2n) is 8.84. The molecule has 4 fully saturated rings. The molecule has 0 aromatic rings. The lowest BCUT2D eigenvalue weighted by Gasteiger charge is -2.68. The van der Waals surface area contributed by atoms with Crippen LogP contribution >= 0.6 is 0 Å². The minimum absolute atomic E-state index is 0.252. The van der Waals surface area contributed by atoms with E-state index in [0.29, 0.717) is 28.2 Å². The Kier molecular flexibility index (Phi) is 2.09. The van der Waals surface area contributed by atoms with E-state index in [0.717, 1.165) is 12.5 Å². The first-order valence-electron chi connectivity index (χ1n) is 7.78. The van der Waals surface area contributed by atoms with Gasteiger partial charge in [0.15, 0.2) is 0 Å². The molecule has 0 spiro atoms. The molecule has 0 aromatic heterocycles. The lowest BCUT2D eigenvalue weighted by Crippen LogP contribution is -2.61. The molecule has 5 rings (SSSR count). The number of hydrogen-bond acceptors (Lipinski definition) is 3. The van der Waals surface area contributed by atoms with Gasteiger partial charge in [-0.3, -0.25) is 0 Å². The maximum absolute atomic E-state index is 5.85. The predicted molar refractivity (Wildman–Crippen MR) is 75.7 cm³/mol. The zero-order chi connectivity index (χ0) is 13.5. The first-order valence-corrected chi connectivity index (χ1v) is 7.78. The molecule has 4 saturated carbocycles. The highest BCUT2D eigenvalue weighted by atomic mass is 16.5. The van der Waals surface area contributed by atoms with Crippen LogP contribution in [0.15, 0.2) is 4.99 Å². The summed E-state index contributed by atoms with van der Waals surface area (Å²) in [6, 6.07) is 0.417. The van der Waals surface area contributed by atoms with E-state index in [1.807, 2.05) is 0 Å². The number of nitrogens with two attached hydrogens (primary N) is 1. The van der Waals surface area contributed by atoms with Crippen LogP contribution < -0.4 is 5.73 Å². The summed E-state index contributed by atoms with van der Waals surface area (Å²) in [5, 5.41) is 0. The molecular weight excluding hydrogens is 236 g/mol. The Bertz CT molecular complexity index is 440. The molecule has 19 heavy (non-hydrogen) atoms. The van der Waals surface area contributed by atoms with Crippen LogP contribution in [0.2, 0.25) is 0 Å². The van der Waals surface area contributed by atoms with E-state index in [1.54, 1.807) is 0 Å². The Morgan fingerprint density at radius 2 is 1.74 bits per heavy atom. The fraction of sp³-hybridized carbons (Fsp3) is 0.938. The van der Waals surface area contributed by atoms with Crippen LogP contribution in [0.5, 0.6) is 0 Å². The molecule has 1 aliphatic heterocycles. The summed E-state index contributed by atoms with van der Waals surface area (Å²) in [6.45, 7) is 8.34. The minimum Gasteiger partial charge on any atom is -0.460 e. The Morgan fingerprint density at radius 3 is 2.21 bits per heavy atom. The Balaban J connectivity index is 1.68. The van der Waals surface area contributed by atoms with Gasteiger partial charge in [0, 0.05) is 5.92 Å². The third-order valence-electron chi connectivity index (χ3n) is 6.44. The van der Waals surface area contributed by atoms with Gasteiger partial charge in [0.25, 0.3) is 6.02 Å². The molecule has 106 valence electrons. The van der Waals surface area contributed by atoms with Crippen molar-refractivity contribution in [1.82, 2.24) is 0 Å². The molecule has 0 aromatic carbocycles. The van der Waals surface area contributed by atoms with Crippen LogP contribution in [0, 0.1) is 28.1 Å². The first kappa shape index (κ1) is 12.0. The predicted octanol–water partition coefficient (Wildman–Crippen LogP) is 2.94. The van der Waals surface area contributed by atoms with Gasteiger partial charge in [-0.25, -0.2) is 4.99 Å². The average Bonchev–Trinajstić information content (AvgIpc) is 2.57. The van der Waals surface area contributed by atoms with Gasteiger partial charge in [-0.2, -0.15) is 0 Å². The van der Waals surface area contributed by atoms with E-state index in [4.69, 9.17) is 10.5 Å². The van der Waals surface area contributed by atoms with Crippen LogP contribution in [0.25, 0.3) is 0 Å². The monoisotopic (exact) mass is 262 g/mol. The van der Waals surface area contributed by atoms with Crippen molar-refractivity contribution in [3.8, 4) is 0 Å². The van der Waals surface area contributed by atoms with Crippen molar-refractivity contribution in [3.63, 3.8) is 0 Å². The van der Waals surface area contributed by atoms with Gasteiger partial charge in [-0.1, -0.05) is 20.8 Å². The lowest BCUT2D eigenvalue weighted by molar-refractivity contribution is -0.198. The van der Waals surface area contributed by atoms with E-state index in [2.05, 4.69) is 25.8 Å². The number of amidine groups is 1. The molecule has 3 nitrogen and oxygen atoms in total. The smallest absolute Gasteiger partial charge is 0.282 e. The van der Waals surface area contributed by atoms with Crippen molar-refractivity contribution in [2.75, 3.05) is 6.54 Å². The van der Waals surface area contributed by atoms with E-state index >= 15 is 0 Å². The molecule has 5 aliphatic rings. The molecule has 0 amide bonds. The van der Waals surface area contributed by atoms with Gasteiger partial charge in [0.2, 0.25) is 0 Å². The van der Waals surface area contributed by atoms with Crippen molar-refractivity contribution in [3.05, 3.63) is 0 Å². The first-order chi connectivity index (χ1) is 8.81. The van der Waals surface area contributed by atoms with Crippen LogP contribution in [-0.2, 0) is 4.74 Å². The molecule has 0 radical (unpaired) electrons. The summed E-state index contributed by atoms with van der Waals surface area (Å²) >= 11 is 0. The normalized spacial score (nSPS) is 59.1. The highest BCUT2D eigenvalue weighted by molar-refractivity contribution is 5.73. The number of rotatable bonds is 1. The van der Waals surface area contributed by atoms with Crippen LogP contribution in [-0.4, -0.2) is 18.7 Å². The lowest BCUT2D eigenvalue weighted by atomic mass is 9.37. The van der Waals surface area contributed by atoms with Gasteiger partial charge in [0.1, 0.15) is 6.10 Å². The van der Waals surface area contributed by atoms with Crippen molar-refractivity contribution in [1.29, 1.82) is 0 Å². The fourth-order valence-corrected chi connectivity index (χ4v) is 7.20. The third kappa shape index (κ3) is 1.59. The quantitative estimate of drug-likeness (QED) is 0.790. The second-order valence-corrected chi connectivity index (χ2v) is 8.84. The molecular formula is C16H26N2O. The van der Waals surface area contributed by atoms with E-state index in [-0.39, 0.29) is 6.10 Å². The molecule has 4 aliphatic carbocycles. The fourth-order valence-electron chi connectivity index (χ4n) is 7.20. The molecule has 4 unspecified atom stereocenters. The third-order valence-corrected chi connectivity index (χ3v) is 6.44. The number of ether oxygens (including phenoxy) is 1. The van der Waals surface area contributed by atoms with E-state index in [1.165, 1.54) is 32.1 Å². The van der Waals surface area contributed by atoms with Crippen LogP contribution in [0.1, 0.15) is 52.9 Å². The second kappa shape index (κ2) is 3.29. The maximum Gasteiger partial charge on any atom is 0.282 e. The Labute approximate surface area is 116 Å².